The van der Waals surface area contributed by atoms with E-state index in [0.717, 1.165) is 26.4 Å². The van der Waals surface area contributed by atoms with E-state index < -0.39 is 0 Å². The summed E-state index contributed by atoms with van der Waals surface area (Å²) in [5.74, 6) is 0.493. The highest BCUT2D eigenvalue weighted by Crippen LogP contribution is 2.26. The van der Waals surface area contributed by atoms with Crippen molar-refractivity contribution < 1.29 is 9.47 Å². The van der Waals surface area contributed by atoms with Gasteiger partial charge in [0, 0.05) is 19.1 Å². The second kappa shape index (κ2) is 17.3. The number of ether oxygens (including phenoxy) is 2. The Bertz CT molecular complexity index is 237. The van der Waals surface area contributed by atoms with E-state index in [1.165, 1.54) is 77.0 Å². The summed E-state index contributed by atoms with van der Waals surface area (Å²) in [7, 11) is 0. The number of unbranched alkanes of at least 4 members (excludes halogenated alkanes) is 10. The van der Waals surface area contributed by atoms with Crippen molar-refractivity contribution in [3.05, 3.63) is 0 Å². The van der Waals surface area contributed by atoms with E-state index in [2.05, 4.69) is 34.6 Å². The molecule has 0 spiro atoms. The molecular formula is C23H48O2. The molecule has 0 unspecified atom stereocenters. The van der Waals surface area contributed by atoms with Crippen molar-refractivity contribution in [2.45, 2.75) is 112 Å². The Kier molecular flexibility index (Phi) is 17.3. The van der Waals surface area contributed by atoms with Crippen LogP contribution in [0.15, 0.2) is 0 Å². The second-order valence-corrected chi connectivity index (χ2v) is 8.75. The molecule has 2 heteroatoms. The third-order valence-electron chi connectivity index (χ3n) is 5.15. The van der Waals surface area contributed by atoms with Crippen molar-refractivity contribution in [3.63, 3.8) is 0 Å². The van der Waals surface area contributed by atoms with Crippen LogP contribution in [0.4, 0.5) is 0 Å². The molecule has 25 heavy (non-hydrogen) atoms. The fraction of sp³-hybridized carbons (Fsp3) is 1.00. The summed E-state index contributed by atoms with van der Waals surface area (Å²) in [6.45, 7) is 15.0. The first-order valence-electron chi connectivity index (χ1n) is 11.2. The zero-order valence-corrected chi connectivity index (χ0v) is 18.2. The van der Waals surface area contributed by atoms with Gasteiger partial charge in [-0.2, -0.15) is 0 Å². The van der Waals surface area contributed by atoms with Crippen LogP contribution in [-0.4, -0.2) is 26.4 Å². The Hall–Kier alpha value is -0.0800. The number of hydrogen-bond acceptors (Lipinski definition) is 2. The van der Waals surface area contributed by atoms with E-state index in [4.69, 9.17) is 9.47 Å². The molecule has 0 N–H and O–H groups in total. The zero-order chi connectivity index (χ0) is 18.8. The van der Waals surface area contributed by atoms with E-state index in [-0.39, 0.29) is 5.41 Å². The Labute approximate surface area is 159 Å². The van der Waals surface area contributed by atoms with E-state index in [9.17, 15) is 0 Å². The van der Waals surface area contributed by atoms with Gasteiger partial charge in [0.15, 0.2) is 0 Å². The largest absolute Gasteiger partial charge is 0.381 e. The molecule has 0 aromatic rings. The zero-order valence-electron chi connectivity index (χ0n) is 18.2. The van der Waals surface area contributed by atoms with Crippen molar-refractivity contribution in [2.24, 2.45) is 11.3 Å². The van der Waals surface area contributed by atoms with Crippen LogP contribution in [-0.2, 0) is 9.47 Å². The van der Waals surface area contributed by atoms with Gasteiger partial charge in [0.1, 0.15) is 0 Å². The van der Waals surface area contributed by atoms with Gasteiger partial charge in [-0.1, -0.05) is 98.8 Å². The van der Waals surface area contributed by atoms with Crippen LogP contribution in [0.1, 0.15) is 112 Å². The van der Waals surface area contributed by atoms with Gasteiger partial charge in [-0.3, -0.25) is 0 Å². The summed E-state index contributed by atoms with van der Waals surface area (Å²) in [4.78, 5) is 0. The van der Waals surface area contributed by atoms with Gasteiger partial charge in [0.25, 0.3) is 0 Å². The van der Waals surface area contributed by atoms with E-state index in [1.807, 2.05) is 0 Å². The molecule has 0 aliphatic carbocycles. The molecule has 0 saturated heterocycles. The van der Waals surface area contributed by atoms with Gasteiger partial charge >= 0.3 is 0 Å². The van der Waals surface area contributed by atoms with Crippen molar-refractivity contribution in [1.82, 2.24) is 0 Å². The van der Waals surface area contributed by atoms with Crippen molar-refractivity contribution >= 4 is 0 Å². The molecule has 0 aliphatic rings. The second-order valence-electron chi connectivity index (χ2n) is 8.75. The lowest BCUT2D eigenvalue weighted by molar-refractivity contribution is -0.00584. The summed E-state index contributed by atoms with van der Waals surface area (Å²) in [5.41, 5.74) is 0.252. The average molecular weight is 357 g/mol. The molecule has 0 saturated carbocycles. The Morgan fingerprint density at radius 2 is 0.920 bits per heavy atom. The highest BCUT2D eigenvalue weighted by atomic mass is 16.5. The SMILES string of the molecule is CCCCCCCCOCC(COCCCCCCCC)C(C)(C)C. The predicted molar refractivity (Wildman–Crippen MR) is 111 cm³/mol. The Morgan fingerprint density at radius 1 is 0.560 bits per heavy atom. The standard InChI is InChI=1S/C23H48O2/c1-6-8-10-12-14-16-18-24-20-22(23(3,4)5)21-25-19-17-15-13-11-9-7-2/h22H,6-21H2,1-5H3. The average Bonchev–Trinajstić information content (AvgIpc) is 2.56. The van der Waals surface area contributed by atoms with E-state index >= 15 is 0 Å². The third kappa shape index (κ3) is 17.1. The van der Waals surface area contributed by atoms with Crippen molar-refractivity contribution in [2.75, 3.05) is 26.4 Å². The molecule has 0 aromatic heterocycles. The highest BCUT2D eigenvalue weighted by Gasteiger charge is 2.24. The molecule has 2 nitrogen and oxygen atoms in total. The predicted octanol–water partition coefficient (Wildman–Crippen LogP) is 7.40. The van der Waals surface area contributed by atoms with Gasteiger partial charge in [-0.05, 0) is 18.3 Å². The minimum absolute atomic E-state index is 0.252. The van der Waals surface area contributed by atoms with Crippen LogP contribution in [0.25, 0.3) is 0 Å². The Morgan fingerprint density at radius 3 is 1.28 bits per heavy atom. The van der Waals surface area contributed by atoms with E-state index in [0.29, 0.717) is 5.92 Å². The Balaban J connectivity index is 3.67. The van der Waals surface area contributed by atoms with Crippen molar-refractivity contribution in [1.29, 1.82) is 0 Å². The van der Waals surface area contributed by atoms with Gasteiger partial charge < -0.3 is 9.47 Å². The molecule has 0 fully saturated rings. The lowest BCUT2D eigenvalue weighted by atomic mass is 9.82. The molecule has 0 aliphatic heterocycles. The lowest BCUT2D eigenvalue weighted by Crippen LogP contribution is -2.30. The van der Waals surface area contributed by atoms with Gasteiger partial charge in [0.05, 0.1) is 13.2 Å². The third-order valence-corrected chi connectivity index (χ3v) is 5.15. The molecule has 0 amide bonds. The maximum Gasteiger partial charge on any atom is 0.0521 e. The van der Waals surface area contributed by atoms with Crippen LogP contribution in [0.2, 0.25) is 0 Å². The monoisotopic (exact) mass is 356 g/mol. The molecule has 152 valence electrons. The van der Waals surface area contributed by atoms with Crippen LogP contribution in [0, 0.1) is 11.3 Å². The fourth-order valence-corrected chi connectivity index (χ4v) is 2.97. The summed E-state index contributed by atoms with van der Waals surface area (Å²) in [5, 5.41) is 0. The summed E-state index contributed by atoms with van der Waals surface area (Å²) in [6.07, 6.45) is 15.9. The quantitative estimate of drug-likeness (QED) is 0.238. The molecule has 0 heterocycles. The van der Waals surface area contributed by atoms with Gasteiger partial charge in [-0.25, -0.2) is 0 Å². The molecular weight excluding hydrogens is 308 g/mol. The maximum atomic E-state index is 5.97. The lowest BCUT2D eigenvalue weighted by Gasteiger charge is -2.30. The highest BCUT2D eigenvalue weighted by molar-refractivity contribution is 4.73. The van der Waals surface area contributed by atoms with Gasteiger partial charge in [0.2, 0.25) is 0 Å². The normalized spacial score (nSPS) is 12.2. The van der Waals surface area contributed by atoms with Gasteiger partial charge in [-0.15, -0.1) is 0 Å². The van der Waals surface area contributed by atoms with Crippen LogP contribution in [0.5, 0.6) is 0 Å². The smallest absolute Gasteiger partial charge is 0.0521 e. The molecule has 0 bridgehead atoms. The molecule has 0 rings (SSSR count). The van der Waals surface area contributed by atoms with Crippen LogP contribution >= 0.6 is 0 Å². The number of hydrogen-bond donors (Lipinski definition) is 0. The number of rotatable bonds is 18. The minimum Gasteiger partial charge on any atom is -0.381 e. The summed E-state index contributed by atoms with van der Waals surface area (Å²) in [6, 6.07) is 0. The summed E-state index contributed by atoms with van der Waals surface area (Å²) < 4.78 is 11.9. The first kappa shape index (κ1) is 24.9. The molecule has 0 aromatic carbocycles. The molecule has 0 atom stereocenters. The first-order chi connectivity index (χ1) is 12.0. The van der Waals surface area contributed by atoms with Crippen LogP contribution < -0.4 is 0 Å². The first-order valence-corrected chi connectivity index (χ1v) is 11.2. The topological polar surface area (TPSA) is 18.5 Å². The van der Waals surface area contributed by atoms with Crippen LogP contribution in [0.3, 0.4) is 0 Å². The maximum absolute atomic E-state index is 5.97. The molecule has 0 radical (unpaired) electrons. The van der Waals surface area contributed by atoms with E-state index in [1.54, 1.807) is 0 Å². The van der Waals surface area contributed by atoms with Crippen molar-refractivity contribution in [3.8, 4) is 0 Å². The summed E-state index contributed by atoms with van der Waals surface area (Å²) >= 11 is 0. The fourth-order valence-electron chi connectivity index (χ4n) is 2.97. The minimum atomic E-state index is 0.252.